The van der Waals surface area contributed by atoms with Gasteiger partial charge in [-0.25, -0.2) is 4.98 Å². The SMILES string of the molecule is CC(C)CCC(C)Nc1cc(C(F)(F)F)ccn1. The predicted molar refractivity (Wildman–Crippen MR) is 66.4 cm³/mol. The van der Waals surface area contributed by atoms with Crippen molar-refractivity contribution >= 4 is 5.82 Å². The average Bonchev–Trinajstić information content (AvgIpc) is 2.25. The molecule has 0 amide bonds. The van der Waals surface area contributed by atoms with Crippen molar-refractivity contribution in [1.29, 1.82) is 0 Å². The molecule has 2 nitrogen and oxygen atoms in total. The van der Waals surface area contributed by atoms with Gasteiger partial charge in [-0.15, -0.1) is 0 Å². The van der Waals surface area contributed by atoms with Crippen LogP contribution in [-0.4, -0.2) is 11.0 Å². The molecule has 0 bridgehead atoms. The first kappa shape index (κ1) is 14.8. The van der Waals surface area contributed by atoms with Crippen LogP contribution in [0.1, 0.15) is 39.2 Å². The second kappa shape index (κ2) is 6.07. The summed E-state index contributed by atoms with van der Waals surface area (Å²) in [6.45, 7) is 6.19. The lowest BCUT2D eigenvalue weighted by molar-refractivity contribution is -0.137. The van der Waals surface area contributed by atoms with E-state index in [4.69, 9.17) is 0 Å². The number of aromatic nitrogens is 1. The zero-order valence-corrected chi connectivity index (χ0v) is 10.9. The van der Waals surface area contributed by atoms with Crippen molar-refractivity contribution in [3.8, 4) is 0 Å². The normalized spacial score (nSPS) is 13.7. The number of hydrogen-bond acceptors (Lipinski definition) is 2. The van der Waals surface area contributed by atoms with E-state index in [2.05, 4.69) is 24.1 Å². The van der Waals surface area contributed by atoms with Gasteiger partial charge >= 0.3 is 6.18 Å². The Labute approximate surface area is 106 Å². The molecule has 0 aliphatic rings. The molecule has 102 valence electrons. The molecule has 0 spiro atoms. The fourth-order valence-corrected chi connectivity index (χ4v) is 1.59. The molecule has 0 aromatic carbocycles. The van der Waals surface area contributed by atoms with Crippen LogP contribution in [0.2, 0.25) is 0 Å². The highest BCUT2D eigenvalue weighted by atomic mass is 19.4. The zero-order chi connectivity index (χ0) is 13.8. The smallest absolute Gasteiger partial charge is 0.368 e. The largest absolute Gasteiger partial charge is 0.416 e. The van der Waals surface area contributed by atoms with Crippen LogP contribution in [0.5, 0.6) is 0 Å². The number of rotatable bonds is 5. The molecule has 0 saturated carbocycles. The van der Waals surface area contributed by atoms with E-state index in [-0.39, 0.29) is 11.9 Å². The van der Waals surface area contributed by atoms with Gasteiger partial charge in [-0.3, -0.25) is 0 Å². The van der Waals surface area contributed by atoms with E-state index < -0.39 is 11.7 Å². The van der Waals surface area contributed by atoms with Gasteiger partial charge in [-0.05, 0) is 37.8 Å². The Morgan fingerprint density at radius 3 is 2.44 bits per heavy atom. The Kier molecular flexibility index (Phi) is 4.99. The summed E-state index contributed by atoms with van der Waals surface area (Å²) in [5.41, 5.74) is -0.670. The maximum Gasteiger partial charge on any atom is 0.416 e. The van der Waals surface area contributed by atoms with E-state index in [0.717, 1.165) is 25.0 Å². The van der Waals surface area contributed by atoms with Crippen molar-refractivity contribution in [2.24, 2.45) is 5.92 Å². The highest BCUT2D eigenvalue weighted by Gasteiger charge is 2.30. The summed E-state index contributed by atoms with van der Waals surface area (Å²) in [6, 6.07) is 2.14. The van der Waals surface area contributed by atoms with Gasteiger partial charge in [0.05, 0.1) is 5.56 Å². The van der Waals surface area contributed by atoms with Crippen molar-refractivity contribution in [1.82, 2.24) is 4.98 Å². The van der Waals surface area contributed by atoms with E-state index >= 15 is 0 Å². The number of nitrogens with one attached hydrogen (secondary N) is 1. The van der Waals surface area contributed by atoms with Gasteiger partial charge in [0.2, 0.25) is 0 Å². The molecule has 1 N–H and O–H groups in total. The van der Waals surface area contributed by atoms with Gasteiger partial charge in [0.15, 0.2) is 0 Å². The number of alkyl halides is 3. The zero-order valence-electron chi connectivity index (χ0n) is 10.9. The molecule has 0 fully saturated rings. The van der Waals surface area contributed by atoms with Crippen LogP contribution in [0.15, 0.2) is 18.3 Å². The lowest BCUT2D eigenvalue weighted by Crippen LogP contribution is -2.17. The fraction of sp³-hybridized carbons (Fsp3) is 0.615. The number of hydrogen-bond donors (Lipinski definition) is 1. The molecule has 1 heterocycles. The van der Waals surface area contributed by atoms with Crippen LogP contribution in [0, 0.1) is 5.92 Å². The summed E-state index contributed by atoms with van der Waals surface area (Å²) in [7, 11) is 0. The van der Waals surface area contributed by atoms with Crippen LogP contribution in [-0.2, 0) is 6.18 Å². The Hall–Kier alpha value is -1.26. The van der Waals surface area contributed by atoms with E-state index in [1.807, 2.05) is 6.92 Å². The third-order valence-corrected chi connectivity index (χ3v) is 2.66. The fourth-order valence-electron chi connectivity index (χ4n) is 1.59. The van der Waals surface area contributed by atoms with Crippen LogP contribution >= 0.6 is 0 Å². The predicted octanol–water partition coefficient (Wildman–Crippen LogP) is 4.34. The molecule has 1 aromatic rings. The van der Waals surface area contributed by atoms with Gasteiger partial charge in [0.25, 0.3) is 0 Å². The summed E-state index contributed by atoms with van der Waals surface area (Å²) in [4.78, 5) is 3.91. The van der Waals surface area contributed by atoms with E-state index in [1.54, 1.807) is 0 Å². The number of pyridine rings is 1. The first-order chi connectivity index (χ1) is 8.29. The molecule has 0 aliphatic carbocycles. The Bertz CT molecular complexity index is 375. The van der Waals surface area contributed by atoms with Gasteiger partial charge in [0.1, 0.15) is 5.82 Å². The third-order valence-electron chi connectivity index (χ3n) is 2.66. The monoisotopic (exact) mass is 260 g/mol. The van der Waals surface area contributed by atoms with Crippen LogP contribution in [0.3, 0.4) is 0 Å². The molecule has 0 aliphatic heterocycles. The summed E-state index contributed by atoms with van der Waals surface area (Å²) in [5.74, 6) is 0.866. The minimum atomic E-state index is -4.32. The Balaban J connectivity index is 2.62. The lowest BCUT2D eigenvalue weighted by Gasteiger charge is -2.16. The Morgan fingerprint density at radius 2 is 1.89 bits per heavy atom. The van der Waals surface area contributed by atoms with Crippen LogP contribution in [0.25, 0.3) is 0 Å². The number of anilines is 1. The van der Waals surface area contributed by atoms with Crippen molar-refractivity contribution in [2.75, 3.05) is 5.32 Å². The highest BCUT2D eigenvalue weighted by molar-refractivity contribution is 5.39. The highest BCUT2D eigenvalue weighted by Crippen LogP contribution is 2.30. The van der Waals surface area contributed by atoms with Crippen LogP contribution < -0.4 is 5.32 Å². The van der Waals surface area contributed by atoms with E-state index in [0.29, 0.717) is 5.92 Å². The summed E-state index contributed by atoms with van der Waals surface area (Å²) in [6.07, 6.45) is -1.19. The first-order valence-electron chi connectivity index (χ1n) is 6.09. The lowest BCUT2D eigenvalue weighted by atomic mass is 10.0. The molecule has 1 aromatic heterocycles. The second-order valence-corrected chi connectivity index (χ2v) is 4.94. The Morgan fingerprint density at radius 1 is 1.22 bits per heavy atom. The first-order valence-corrected chi connectivity index (χ1v) is 6.09. The van der Waals surface area contributed by atoms with E-state index in [1.165, 1.54) is 6.20 Å². The molecule has 0 radical (unpaired) electrons. The maximum absolute atomic E-state index is 12.5. The van der Waals surface area contributed by atoms with Gasteiger partial charge in [0, 0.05) is 12.2 Å². The van der Waals surface area contributed by atoms with Gasteiger partial charge in [-0.1, -0.05) is 13.8 Å². The number of halogens is 3. The quantitative estimate of drug-likeness (QED) is 0.852. The van der Waals surface area contributed by atoms with Crippen molar-refractivity contribution in [3.05, 3.63) is 23.9 Å². The minimum absolute atomic E-state index is 0.114. The van der Waals surface area contributed by atoms with Crippen molar-refractivity contribution in [2.45, 2.75) is 45.8 Å². The molecular weight excluding hydrogens is 241 g/mol. The van der Waals surface area contributed by atoms with Gasteiger partial charge in [-0.2, -0.15) is 13.2 Å². The average molecular weight is 260 g/mol. The standard InChI is InChI=1S/C13H19F3N2/c1-9(2)4-5-10(3)18-12-8-11(6-7-17-12)13(14,15)16/h6-10H,4-5H2,1-3H3,(H,17,18). The molecule has 18 heavy (non-hydrogen) atoms. The topological polar surface area (TPSA) is 24.9 Å². The molecule has 0 saturated heterocycles. The second-order valence-electron chi connectivity index (χ2n) is 4.94. The minimum Gasteiger partial charge on any atom is -0.368 e. The summed E-state index contributed by atoms with van der Waals surface area (Å²) in [5, 5.41) is 3.00. The molecule has 5 heteroatoms. The van der Waals surface area contributed by atoms with Gasteiger partial charge < -0.3 is 5.32 Å². The van der Waals surface area contributed by atoms with Crippen molar-refractivity contribution < 1.29 is 13.2 Å². The van der Waals surface area contributed by atoms with E-state index in [9.17, 15) is 13.2 Å². The molecule has 1 rings (SSSR count). The molecule has 1 atom stereocenters. The summed E-state index contributed by atoms with van der Waals surface area (Å²) >= 11 is 0. The van der Waals surface area contributed by atoms with Crippen molar-refractivity contribution in [3.63, 3.8) is 0 Å². The van der Waals surface area contributed by atoms with Crippen LogP contribution in [0.4, 0.5) is 19.0 Å². The number of nitrogens with zero attached hydrogens (tertiary/aromatic N) is 1. The molecular formula is C13H19F3N2. The summed E-state index contributed by atoms with van der Waals surface area (Å²) < 4.78 is 37.5. The third kappa shape index (κ3) is 4.94. The maximum atomic E-state index is 12.5. The molecule has 1 unspecified atom stereocenters.